The van der Waals surface area contributed by atoms with Crippen LogP contribution >= 0.6 is 0 Å². The number of carbonyl (C=O) groups is 1. The van der Waals surface area contributed by atoms with Crippen LogP contribution in [0.1, 0.15) is 56.5 Å². The third-order valence-corrected chi connectivity index (χ3v) is 6.86. The highest BCUT2D eigenvalue weighted by Gasteiger charge is 2.28. The lowest BCUT2D eigenvalue weighted by atomic mass is 9.87. The van der Waals surface area contributed by atoms with Crippen molar-refractivity contribution >= 4 is 27.0 Å². The van der Waals surface area contributed by atoms with Crippen LogP contribution in [0.4, 0.5) is 0 Å². The van der Waals surface area contributed by atoms with E-state index >= 15 is 0 Å². The Bertz CT molecular complexity index is 1100. The number of aromatic nitrogens is 1. The van der Waals surface area contributed by atoms with E-state index in [4.69, 9.17) is 0 Å². The highest BCUT2D eigenvalue weighted by molar-refractivity contribution is 7.91. The predicted octanol–water partition coefficient (Wildman–Crippen LogP) is 5.31. The van der Waals surface area contributed by atoms with Gasteiger partial charge in [-0.25, -0.2) is 8.42 Å². The van der Waals surface area contributed by atoms with E-state index in [-0.39, 0.29) is 21.8 Å². The number of para-hydroxylation sites is 1. The summed E-state index contributed by atoms with van der Waals surface area (Å²) >= 11 is 0. The minimum Gasteiger partial charge on any atom is -0.300 e. The largest absolute Gasteiger partial charge is 0.300 e. The summed E-state index contributed by atoms with van der Waals surface area (Å²) in [5.74, 6) is 0.0285. The van der Waals surface area contributed by atoms with E-state index in [0.29, 0.717) is 18.1 Å². The van der Waals surface area contributed by atoms with Gasteiger partial charge in [0.1, 0.15) is 0 Å². The fourth-order valence-corrected chi connectivity index (χ4v) is 5.30. The number of hydrogen-bond donors (Lipinski definition) is 0. The first-order chi connectivity index (χ1) is 13.2. The van der Waals surface area contributed by atoms with E-state index in [1.54, 1.807) is 10.6 Å². The molecule has 3 rings (SSSR count). The van der Waals surface area contributed by atoms with Crippen LogP contribution in [0.2, 0.25) is 0 Å². The molecule has 5 heteroatoms. The van der Waals surface area contributed by atoms with Crippen molar-refractivity contribution in [2.24, 2.45) is 0 Å². The number of rotatable bonds is 6. The van der Waals surface area contributed by atoms with E-state index in [9.17, 15) is 13.2 Å². The lowest BCUT2D eigenvalue weighted by molar-refractivity contribution is 0.112. The molecule has 0 radical (unpaired) electrons. The molecule has 0 bridgehead atoms. The van der Waals surface area contributed by atoms with Gasteiger partial charge in [-0.3, -0.25) is 9.36 Å². The molecule has 0 saturated carbocycles. The fourth-order valence-electron chi connectivity index (χ4n) is 3.46. The second kappa shape index (κ2) is 7.55. The highest BCUT2D eigenvalue weighted by atomic mass is 32.2. The Kier molecular flexibility index (Phi) is 5.48. The van der Waals surface area contributed by atoms with Crippen LogP contribution in [0.5, 0.6) is 0 Å². The van der Waals surface area contributed by atoms with Crippen molar-refractivity contribution in [1.82, 2.24) is 4.57 Å². The molecule has 1 heterocycles. The van der Waals surface area contributed by atoms with Crippen LogP contribution in [-0.4, -0.2) is 25.0 Å². The molecule has 0 amide bonds. The average molecular weight is 398 g/mol. The van der Waals surface area contributed by atoms with E-state index in [1.807, 2.05) is 49.4 Å². The summed E-state index contributed by atoms with van der Waals surface area (Å²) in [7, 11) is -3.61. The van der Waals surface area contributed by atoms with Crippen molar-refractivity contribution in [2.75, 3.05) is 5.75 Å². The van der Waals surface area contributed by atoms with Crippen molar-refractivity contribution in [3.05, 3.63) is 59.7 Å². The molecule has 3 aromatic rings. The number of fused-ring (bicyclic) bond motifs is 1. The molecular formula is C23H27NO3S. The van der Waals surface area contributed by atoms with Crippen molar-refractivity contribution in [3.63, 3.8) is 0 Å². The molecule has 0 N–H and O–H groups in total. The van der Waals surface area contributed by atoms with Gasteiger partial charge in [0.05, 0.1) is 16.8 Å². The maximum Gasteiger partial charge on any atom is 0.194 e. The zero-order valence-corrected chi connectivity index (χ0v) is 17.7. The van der Waals surface area contributed by atoms with E-state index in [0.717, 1.165) is 17.6 Å². The summed E-state index contributed by atoms with van der Waals surface area (Å²) in [6.45, 7) is 8.37. The van der Waals surface area contributed by atoms with E-state index in [1.165, 1.54) is 5.56 Å². The number of benzene rings is 2. The van der Waals surface area contributed by atoms with Gasteiger partial charge < -0.3 is 0 Å². The maximum absolute atomic E-state index is 13.2. The summed E-state index contributed by atoms with van der Waals surface area (Å²) < 4.78 is 28.1. The lowest BCUT2D eigenvalue weighted by Gasteiger charge is -2.20. The Morgan fingerprint density at radius 2 is 1.64 bits per heavy atom. The molecule has 0 spiro atoms. The van der Waals surface area contributed by atoms with Gasteiger partial charge in [0.15, 0.2) is 21.1 Å². The smallest absolute Gasteiger partial charge is 0.194 e. The van der Waals surface area contributed by atoms with Crippen LogP contribution in [0.15, 0.2) is 53.6 Å². The van der Waals surface area contributed by atoms with Crippen molar-refractivity contribution in [2.45, 2.75) is 51.0 Å². The maximum atomic E-state index is 13.2. The summed E-state index contributed by atoms with van der Waals surface area (Å²) in [5, 5.41) is 0.758. The zero-order valence-electron chi connectivity index (χ0n) is 16.9. The van der Waals surface area contributed by atoms with Crippen molar-refractivity contribution in [3.8, 4) is 5.69 Å². The second-order valence-corrected chi connectivity index (χ2v) is 10.2. The minimum atomic E-state index is -3.61. The molecule has 0 fully saturated rings. The summed E-state index contributed by atoms with van der Waals surface area (Å²) in [4.78, 5) is 11.9. The minimum absolute atomic E-state index is 0.00126. The molecule has 0 aliphatic rings. The van der Waals surface area contributed by atoms with E-state index < -0.39 is 9.84 Å². The summed E-state index contributed by atoms with van der Waals surface area (Å²) in [6, 6.07) is 15.3. The molecule has 1 aromatic heterocycles. The molecule has 0 atom stereocenters. The van der Waals surface area contributed by atoms with Crippen LogP contribution in [0.3, 0.4) is 0 Å². The molecular weight excluding hydrogens is 370 g/mol. The first kappa shape index (κ1) is 20.3. The van der Waals surface area contributed by atoms with Gasteiger partial charge in [-0.05, 0) is 35.6 Å². The number of sulfone groups is 1. The molecule has 0 unspecified atom stereocenters. The van der Waals surface area contributed by atoms with Gasteiger partial charge in [0, 0.05) is 11.1 Å². The standard InChI is InChI=1S/C23H27NO3S/c1-5-6-15-28(26,27)22-20(16-25)19-9-7-8-10-21(19)24(22)18-13-11-17(12-14-18)23(2,3)4/h7-14,16H,5-6,15H2,1-4H3. The van der Waals surface area contributed by atoms with Crippen LogP contribution in [0.25, 0.3) is 16.6 Å². The third-order valence-electron chi connectivity index (χ3n) is 5.04. The number of hydrogen-bond acceptors (Lipinski definition) is 3. The van der Waals surface area contributed by atoms with Crippen molar-refractivity contribution < 1.29 is 13.2 Å². The first-order valence-electron chi connectivity index (χ1n) is 9.63. The van der Waals surface area contributed by atoms with E-state index in [2.05, 4.69) is 20.8 Å². The van der Waals surface area contributed by atoms with Crippen molar-refractivity contribution in [1.29, 1.82) is 0 Å². The average Bonchev–Trinajstić information content (AvgIpc) is 3.01. The quantitative estimate of drug-likeness (QED) is 0.529. The number of unbranched alkanes of at least 4 members (excludes halogenated alkanes) is 1. The zero-order chi connectivity index (χ0) is 20.5. The fraction of sp³-hybridized carbons (Fsp3) is 0.348. The molecule has 4 nitrogen and oxygen atoms in total. The predicted molar refractivity (Wildman–Crippen MR) is 114 cm³/mol. The number of nitrogens with zero attached hydrogens (tertiary/aromatic N) is 1. The van der Waals surface area contributed by atoms with Crippen LogP contribution in [0, 0.1) is 0 Å². The molecule has 0 aliphatic heterocycles. The lowest BCUT2D eigenvalue weighted by Crippen LogP contribution is -2.15. The Hall–Kier alpha value is -2.40. The van der Waals surface area contributed by atoms with Gasteiger partial charge in [-0.1, -0.05) is 64.4 Å². The SMILES string of the molecule is CCCCS(=O)(=O)c1c(C=O)c2ccccc2n1-c1ccc(C(C)(C)C)cc1. The molecule has 2 aromatic carbocycles. The topological polar surface area (TPSA) is 56.1 Å². The Labute approximate surface area is 167 Å². The van der Waals surface area contributed by atoms with Gasteiger partial charge in [-0.2, -0.15) is 0 Å². The Balaban J connectivity index is 2.32. The third kappa shape index (κ3) is 3.63. The van der Waals surface area contributed by atoms with Gasteiger partial charge in [0.2, 0.25) is 0 Å². The van der Waals surface area contributed by atoms with Gasteiger partial charge in [0.25, 0.3) is 0 Å². The Morgan fingerprint density at radius 1 is 1.00 bits per heavy atom. The first-order valence-corrected chi connectivity index (χ1v) is 11.3. The Morgan fingerprint density at radius 3 is 2.21 bits per heavy atom. The highest BCUT2D eigenvalue weighted by Crippen LogP contribution is 2.33. The van der Waals surface area contributed by atoms with Crippen LogP contribution < -0.4 is 0 Å². The monoisotopic (exact) mass is 397 g/mol. The second-order valence-electron chi connectivity index (χ2n) is 8.16. The molecule has 148 valence electrons. The molecule has 28 heavy (non-hydrogen) atoms. The van der Waals surface area contributed by atoms with Crippen LogP contribution in [-0.2, 0) is 15.3 Å². The normalized spacial score (nSPS) is 12.4. The number of aldehydes is 1. The summed E-state index contributed by atoms with van der Waals surface area (Å²) in [6.07, 6.45) is 2.00. The summed E-state index contributed by atoms with van der Waals surface area (Å²) in [5.41, 5.74) is 2.88. The molecule has 0 aliphatic carbocycles. The number of carbonyl (C=O) groups excluding carboxylic acids is 1. The van der Waals surface area contributed by atoms with Gasteiger partial charge >= 0.3 is 0 Å². The van der Waals surface area contributed by atoms with Gasteiger partial charge in [-0.15, -0.1) is 0 Å². The molecule has 0 saturated heterocycles.